The van der Waals surface area contributed by atoms with Gasteiger partial charge in [-0.15, -0.1) is 0 Å². The second kappa shape index (κ2) is 6.07. The van der Waals surface area contributed by atoms with Crippen molar-refractivity contribution < 1.29 is 0 Å². The molecule has 20 heavy (non-hydrogen) atoms. The van der Waals surface area contributed by atoms with Crippen LogP contribution >= 0.6 is 0 Å². The third-order valence-electron chi connectivity index (χ3n) is 4.15. The number of nitrogens with one attached hydrogen (secondary N) is 1. The Bertz CT molecular complexity index is 576. The van der Waals surface area contributed by atoms with Gasteiger partial charge in [0.1, 0.15) is 0 Å². The first-order valence-electron chi connectivity index (χ1n) is 7.59. The Labute approximate surface area is 119 Å². The number of aromatic nitrogens is 2. The highest BCUT2D eigenvalue weighted by Gasteiger charge is 2.14. The maximum absolute atomic E-state index is 5.95. The molecular weight excluding hydrogens is 248 g/mol. The van der Waals surface area contributed by atoms with E-state index in [0.29, 0.717) is 5.82 Å². The molecule has 1 fully saturated rings. The number of nitrogens with two attached hydrogens (primary N) is 1. The van der Waals surface area contributed by atoms with E-state index in [9.17, 15) is 0 Å². The molecule has 3 rings (SSSR count). The molecule has 1 aromatic carbocycles. The summed E-state index contributed by atoms with van der Waals surface area (Å²) in [6, 6.07) is 7.82. The van der Waals surface area contributed by atoms with Crippen LogP contribution in [0.1, 0.15) is 38.5 Å². The van der Waals surface area contributed by atoms with Crippen LogP contribution in [0.5, 0.6) is 0 Å². The van der Waals surface area contributed by atoms with Crippen LogP contribution in [-0.4, -0.2) is 16.5 Å². The largest absolute Gasteiger partial charge is 0.381 e. The smallest absolute Gasteiger partial charge is 0.169 e. The predicted molar refractivity (Wildman–Crippen MR) is 83.6 cm³/mol. The molecule has 1 aromatic heterocycles. The van der Waals surface area contributed by atoms with Crippen LogP contribution in [0.25, 0.3) is 11.0 Å². The van der Waals surface area contributed by atoms with Crippen LogP contribution in [0.4, 0.5) is 11.6 Å². The van der Waals surface area contributed by atoms with Gasteiger partial charge in [0, 0.05) is 6.54 Å². The Kier molecular flexibility index (Phi) is 4.00. The number of hydrogen-bond donors (Lipinski definition) is 2. The summed E-state index contributed by atoms with van der Waals surface area (Å²) in [5.74, 6) is 2.15. The van der Waals surface area contributed by atoms with E-state index in [0.717, 1.165) is 29.3 Å². The van der Waals surface area contributed by atoms with Crippen molar-refractivity contribution in [3.8, 4) is 0 Å². The minimum atomic E-state index is 0.490. The molecular formula is C16H22N4. The van der Waals surface area contributed by atoms with Crippen molar-refractivity contribution >= 4 is 22.7 Å². The molecule has 0 aliphatic heterocycles. The van der Waals surface area contributed by atoms with E-state index in [1.165, 1.54) is 38.5 Å². The first-order valence-corrected chi connectivity index (χ1v) is 7.59. The number of nitrogen functional groups attached to an aromatic ring is 1. The van der Waals surface area contributed by atoms with Crippen LogP contribution in [0.15, 0.2) is 24.3 Å². The summed E-state index contributed by atoms with van der Waals surface area (Å²) < 4.78 is 0. The van der Waals surface area contributed by atoms with Crippen molar-refractivity contribution in [1.29, 1.82) is 0 Å². The minimum Gasteiger partial charge on any atom is -0.381 e. The minimum absolute atomic E-state index is 0.490. The molecule has 0 bridgehead atoms. The molecule has 0 amide bonds. The number of hydrogen-bond acceptors (Lipinski definition) is 4. The SMILES string of the molecule is Nc1nc2ccccc2nc1NCCCC1CCCC1. The monoisotopic (exact) mass is 270 g/mol. The maximum Gasteiger partial charge on any atom is 0.169 e. The van der Waals surface area contributed by atoms with E-state index in [1.807, 2.05) is 24.3 Å². The lowest BCUT2D eigenvalue weighted by atomic mass is 10.0. The molecule has 0 saturated heterocycles. The highest BCUT2D eigenvalue weighted by Crippen LogP contribution is 2.28. The van der Waals surface area contributed by atoms with Gasteiger partial charge in [0.15, 0.2) is 11.6 Å². The Balaban J connectivity index is 1.57. The van der Waals surface area contributed by atoms with Crippen LogP contribution < -0.4 is 11.1 Å². The fraction of sp³-hybridized carbons (Fsp3) is 0.500. The molecule has 0 atom stereocenters. The summed E-state index contributed by atoms with van der Waals surface area (Å²) in [6.45, 7) is 0.924. The molecule has 1 aliphatic carbocycles. The summed E-state index contributed by atoms with van der Waals surface area (Å²) in [5.41, 5.74) is 7.69. The maximum atomic E-state index is 5.95. The second-order valence-electron chi connectivity index (χ2n) is 5.67. The zero-order chi connectivity index (χ0) is 13.8. The molecule has 1 aliphatic rings. The van der Waals surface area contributed by atoms with Crippen molar-refractivity contribution in [2.24, 2.45) is 5.92 Å². The zero-order valence-electron chi connectivity index (χ0n) is 11.8. The number of anilines is 2. The third-order valence-corrected chi connectivity index (χ3v) is 4.15. The van der Waals surface area contributed by atoms with E-state index >= 15 is 0 Å². The molecule has 0 unspecified atom stereocenters. The van der Waals surface area contributed by atoms with E-state index in [2.05, 4.69) is 15.3 Å². The molecule has 0 radical (unpaired) electrons. The van der Waals surface area contributed by atoms with Crippen LogP contribution in [0.3, 0.4) is 0 Å². The summed E-state index contributed by atoms with van der Waals surface area (Å²) in [5, 5.41) is 3.33. The lowest BCUT2D eigenvalue weighted by Gasteiger charge is -2.11. The van der Waals surface area contributed by atoms with Gasteiger partial charge < -0.3 is 11.1 Å². The third kappa shape index (κ3) is 3.00. The summed E-state index contributed by atoms with van der Waals surface area (Å²) in [6.07, 6.45) is 8.16. The van der Waals surface area contributed by atoms with Crippen LogP contribution in [0, 0.1) is 5.92 Å². The Morgan fingerprint density at radius 3 is 2.55 bits per heavy atom. The zero-order valence-corrected chi connectivity index (χ0v) is 11.8. The van der Waals surface area contributed by atoms with Gasteiger partial charge in [-0.25, -0.2) is 9.97 Å². The Morgan fingerprint density at radius 1 is 1.10 bits per heavy atom. The van der Waals surface area contributed by atoms with E-state index in [-0.39, 0.29) is 0 Å². The molecule has 4 heteroatoms. The van der Waals surface area contributed by atoms with Gasteiger partial charge in [0.05, 0.1) is 11.0 Å². The average Bonchev–Trinajstić information content (AvgIpc) is 2.97. The van der Waals surface area contributed by atoms with Gasteiger partial charge >= 0.3 is 0 Å². The van der Waals surface area contributed by atoms with Crippen molar-refractivity contribution in [2.75, 3.05) is 17.6 Å². The molecule has 106 valence electrons. The normalized spacial score (nSPS) is 15.8. The average molecular weight is 270 g/mol. The van der Waals surface area contributed by atoms with Crippen molar-refractivity contribution in [2.45, 2.75) is 38.5 Å². The number of rotatable bonds is 5. The Hall–Kier alpha value is -1.84. The van der Waals surface area contributed by atoms with E-state index in [1.54, 1.807) is 0 Å². The number of nitrogens with zero attached hydrogens (tertiary/aromatic N) is 2. The number of para-hydroxylation sites is 2. The van der Waals surface area contributed by atoms with Gasteiger partial charge in [-0.05, 0) is 30.9 Å². The summed E-state index contributed by atoms with van der Waals surface area (Å²) in [7, 11) is 0. The van der Waals surface area contributed by atoms with E-state index < -0.39 is 0 Å². The predicted octanol–water partition coefficient (Wildman–Crippen LogP) is 3.59. The fourth-order valence-corrected chi connectivity index (χ4v) is 3.04. The standard InChI is InChI=1S/C16H22N4/c17-15-16(18-11-5-8-12-6-1-2-7-12)20-14-10-4-3-9-13(14)19-15/h3-4,9-10,12H,1-2,5-8,11H2,(H2,17,19)(H,18,20). The number of fused-ring (bicyclic) bond motifs is 1. The van der Waals surface area contributed by atoms with Crippen LogP contribution in [0.2, 0.25) is 0 Å². The molecule has 1 heterocycles. The molecule has 1 saturated carbocycles. The summed E-state index contributed by atoms with van der Waals surface area (Å²) in [4.78, 5) is 8.93. The van der Waals surface area contributed by atoms with Gasteiger partial charge in [0.2, 0.25) is 0 Å². The van der Waals surface area contributed by atoms with Gasteiger partial charge in [-0.3, -0.25) is 0 Å². The van der Waals surface area contributed by atoms with E-state index in [4.69, 9.17) is 5.73 Å². The molecule has 0 spiro atoms. The topological polar surface area (TPSA) is 63.8 Å². The van der Waals surface area contributed by atoms with Crippen molar-refractivity contribution in [1.82, 2.24) is 9.97 Å². The van der Waals surface area contributed by atoms with Crippen LogP contribution in [-0.2, 0) is 0 Å². The first-order chi connectivity index (χ1) is 9.83. The molecule has 4 nitrogen and oxygen atoms in total. The lowest BCUT2D eigenvalue weighted by Crippen LogP contribution is -2.09. The molecule has 3 N–H and O–H groups in total. The van der Waals surface area contributed by atoms with Gasteiger partial charge in [-0.1, -0.05) is 37.8 Å². The second-order valence-corrected chi connectivity index (χ2v) is 5.67. The Morgan fingerprint density at radius 2 is 1.80 bits per heavy atom. The molecule has 2 aromatic rings. The fourth-order valence-electron chi connectivity index (χ4n) is 3.04. The van der Waals surface area contributed by atoms with Crippen molar-refractivity contribution in [3.63, 3.8) is 0 Å². The quantitative estimate of drug-likeness (QED) is 0.815. The van der Waals surface area contributed by atoms with Gasteiger partial charge in [-0.2, -0.15) is 0 Å². The lowest BCUT2D eigenvalue weighted by molar-refractivity contribution is 0.491. The first kappa shape index (κ1) is 13.2. The highest BCUT2D eigenvalue weighted by atomic mass is 15.1. The number of benzene rings is 1. The highest BCUT2D eigenvalue weighted by molar-refractivity contribution is 5.79. The van der Waals surface area contributed by atoms with Gasteiger partial charge in [0.25, 0.3) is 0 Å². The summed E-state index contributed by atoms with van der Waals surface area (Å²) >= 11 is 0. The van der Waals surface area contributed by atoms with Crippen molar-refractivity contribution in [3.05, 3.63) is 24.3 Å².